The third kappa shape index (κ3) is 6.69. The van der Waals surface area contributed by atoms with Crippen LogP contribution in [0.15, 0.2) is 78.9 Å². The Morgan fingerprint density at radius 2 is 1.61 bits per heavy atom. The van der Waals surface area contributed by atoms with Crippen molar-refractivity contribution in [1.29, 1.82) is 0 Å². The molecular weight excluding hydrogens is 417 g/mol. The molecule has 0 saturated heterocycles. The predicted octanol–water partition coefficient (Wildman–Crippen LogP) is 4.17. The zero-order valence-corrected chi connectivity index (χ0v) is 17.9. The van der Waals surface area contributed by atoms with Gasteiger partial charge in [0.15, 0.2) is 0 Å². The van der Waals surface area contributed by atoms with E-state index in [1.807, 2.05) is 54.6 Å². The van der Waals surface area contributed by atoms with Crippen LogP contribution in [0, 0.1) is 0 Å². The molecule has 0 saturated carbocycles. The Kier molecular flexibility index (Phi) is 7.47. The van der Waals surface area contributed by atoms with Gasteiger partial charge >= 0.3 is 13.6 Å². The van der Waals surface area contributed by atoms with E-state index in [-0.39, 0.29) is 12.2 Å². The minimum absolute atomic E-state index is 0.156. The number of hydrogen-bond acceptors (Lipinski definition) is 5. The summed E-state index contributed by atoms with van der Waals surface area (Å²) in [7, 11) is -2.65. The van der Waals surface area contributed by atoms with Gasteiger partial charge < -0.3 is 19.3 Å². The summed E-state index contributed by atoms with van der Waals surface area (Å²) in [5.41, 5.74) is 2.88. The molecule has 162 valence electrons. The summed E-state index contributed by atoms with van der Waals surface area (Å²) in [5.74, 6) is -0.475. The van der Waals surface area contributed by atoms with Gasteiger partial charge in [-0.05, 0) is 35.2 Å². The molecule has 31 heavy (non-hydrogen) atoms. The molecule has 3 rings (SSSR count). The Morgan fingerprint density at radius 1 is 0.968 bits per heavy atom. The van der Waals surface area contributed by atoms with Gasteiger partial charge in [-0.3, -0.25) is 10.1 Å². The number of rotatable bonds is 10. The highest BCUT2D eigenvalue weighted by Crippen LogP contribution is 2.42. The van der Waals surface area contributed by atoms with Gasteiger partial charge in [0.25, 0.3) is 0 Å². The molecule has 0 spiro atoms. The molecule has 0 amide bonds. The van der Waals surface area contributed by atoms with Crippen LogP contribution in [0.25, 0.3) is 11.1 Å². The average molecular weight is 441 g/mol. The van der Waals surface area contributed by atoms with E-state index in [4.69, 9.17) is 9.26 Å². The smallest absolute Gasteiger partial charge is 0.390 e. The highest BCUT2D eigenvalue weighted by atomic mass is 31.2. The van der Waals surface area contributed by atoms with Crippen LogP contribution in [0.5, 0.6) is 11.5 Å². The van der Waals surface area contributed by atoms with Gasteiger partial charge in [0.05, 0.1) is 7.11 Å². The van der Waals surface area contributed by atoms with E-state index in [9.17, 15) is 19.4 Å². The number of aliphatic carboxylic acids is 1. The summed E-state index contributed by atoms with van der Waals surface area (Å²) in [6.07, 6.45) is -0.354. The number of carboxylic acids is 1. The second-order valence-corrected chi connectivity index (χ2v) is 8.70. The molecule has 3 aromatic carbocycles. The number of carbonyl (C=O) groups is 1. The van der Waals surface area contributed by atoms with Gasteiger partial charge in [-0.25, -0.2) is 4.57 Å². The molecule has 0 aromatic heterocycles. The Bertz CT molecular complexity index is 1060. The Balaban J connectivity index is 1.61. The average Bonchev–Trinajstić information content (AvgIpc) is 2.77. The van der Waals surface area contributed by atoms with Crippen LogP contribution in [0.1, 0.15) is 5.56 Å². The molecule has 8 heteroatoms. The fourth-order valence-electron chi connectivity index (χ4n) is 3.03. The van der Waals surface area contributed by atoms with Crippen LogP contribution in [-0.2, 0) is 15.8 Å². The summed E-state index contributed by atoms with van der Waals surface area (Å²) in [5, 5.41) is 12.2. The molecule has 0 fully saturated rings. The molecule has 0 aliphatic rings. The highest BCUT2D eigenvalue weighted by Gasteiger charge is 2.26. The molecule has 3 N–H and O–H groups in total. The zero-order chi connectivity index (χ0) is 22.3. The SMILES string of the molecule is COc1cccc(OP(=O)(O)CN[C@@H](Cc2ccc(-c3ccccc3)cc2)C(=O)O)c1. The lowest BCUT2D eigenvalue weighted by atomic mass is 10.0. The monoisotopic (exact) mass is 441 g/mol. The lowest BCUT2D eigenvalue weighted by Gasteiger charge is -2.18. The number of carboxylic acid groups (broad SMARTS) is 1. The van der Waals surface area contributed by atoms with Gasteiger partial charge in [-0.1, -0.05) is 60.7 Å². The Labute approximate surface area is 180 Å². The van der Waals surface area contributed by atoms with Crippen molar-refractivity contribution in [3.8, 4) is 22.6 Å². The Morgan fingerprint density at radius 3 is 2.26 bits per heavy atom. The first-order valence-corrected chi connectivity index (χ1v) is 11.4. The van der Waals surface area contributed by atoms with Gasteiger partial charge in [0, 0.05) is 6.07 Å². The summed E-state index contributed by atoms with van der Waals surface area (Å²) in [6.45, 7) is 0. The molecule has 3 aromatic rings. The number of ether oxygens (including phenoxy) is 1. The van der Waals surface area contributed by atoms with Gasteiger partial charge in [0.2, 0.25) is 0 Å². The van der Waals surface area contributed by atoms with Crippen LogP contribution < -0.4 is 14.6 Å². The maximum absolute atomic E-state index is 12.4. The molecule has 0 aliphatic carbocycles. The molecule has 1 unspecified atom stereocenters. The maximum Gasteiger partial charge on any atom is 0.390 e. The van der Waals surface area contributed by atoms with Crippen LogP contribution >= 0.6 is 7.60 Å². The van der Waals surface area contributed by atoms with Crippen molar-refractivity contribution in [2.24, 2.45) is 0 Å². The van der Waals surface area contributed by atoms with Crippen molar-refractivity contribution in [3.63, 3.8) is 0 Å². The molecule has 0 radical (unpaired) electrons. The van der Waals surface area contributed by atoms with E-state index < -0.39 is 25.9 Å². The lowest BCUT2D eigenvalue weighted by molar-refractivity contribution is -0.139. The van der Waals surface area contributed by atoms with Gasteiger partial charge in [-0.2, -0.15) is 0 Å². The van der Waals surface area contributed by atoms with E-state index >= 15 is 0 Å². The van der Waals surface area contributed by atoms with Crippen molar-refractivity contribution >= 4 is 13.6 Å². The fourth-order valence-corrected chi connectivity index (χ4v) is 3.99. The number of nitrogens with one attached hydrogen (secondary N) is 1. The molecule has 0 bridgehead atoms. The van der Waals surface area contributed by atoms with Crippen LogP contribution in [-0.4, -0.2) is 35.4 Å². The molecule has 0 aliphatic heterocycles. The van der Waals surface area contributed by atoms with Crippen LogP contribution in [0.4, 0.5) is 0 Å². The fraction of sp³-hybridized carbons (Fsp3) is 0.174. The quantitative estimate of drug-likeness (QED) is 0.406. The zero-order valence-electron chi connectivity index (χ0n) is 17.0. The first-order chi connectivity index (χ1) is 14.9. The lowest BCUT2D eigenvalue weighted by Crippen LogP contribution is -2.39. The van der Waals surface area contributed by atoms with E-state index in [0.717, 1.165) is 16.7 Å². The first kappa shape index (κ1) is 22.6. The second-order valence-electron chi connectivity index (χ2n) is 6.93. The van der Waals surface area contributed by atoms with E-state index in [1.54, 1.807) is 12.1 Å². The minimum Gasteiger partial charge on any atom is -0.497 e. The van der Waals surface area contributed by atoms with Crippen LogP contribution in [0.3, 0.4) is 0 Å². The minimum atomic E-state index is -4.12. The van der Waals surface area contributed by atoms with Crippen molar-refractivity contribution in [2.75, 3.05) is 13.4 Å². The standard InChI is InChI=1S/C23H24NO6P/c1-29-20-8-5-9-21(15-20)30-31(27,28)16-24-22(23(25)26)14-17-10-12-19(13-11-17)18-6-3-2-4-7-18/h2-13,15,22,24H,14,16H2,1H3,(H,25,26)(H,27,28)/t22-/m0/s1. The van der Waals surface area contributed by atoms with Crippen LogP contribution in [0.2, 0.25) is 0 Å². The Hall–Kier alpha value is -3.12. The highest BCUT2D eigenvalue weighted by molar-refractivity contribution is 7.53. The summed E-state index contributed by atoms with van der Waals surface area (Å²) in [4.78, 5) is 21.8. The van der Waals surface area contributed by atoms with Crippen molar-refractivity contribution in [2.45, 2.75) is 12.5 Å². The van der Waals surface area contributed by atoms with Gasteiger partial charge in [-0.15, -0.1) is 0 Å². The van der Waals surface area contributed by atoms with Crippen molar-refractivity contribution < 1.29 is 28.6 Å². The van der Waals surface area contributed by atoms with E-state index in [0.29, 0.717) is 5.75 Å². The first-order valence-electron chi connectivity index (χ1n) is 9.62. The van der Waals surface area contributed by atoms with Crippen molar-refractivity contribution in [3.05, 3.63) is 84.4 Å². The maximum atomic E-state index is 12.4. The number of hydrogen-bond donors (Lipinski definition) is 3. The van der Waals surface area contributed by atoms with E-state index in [1.165, 1.54) is 19.2 Å². The normalized spacial score (nSPS) is 13.7. The van der Waals surface area contributed by atoms with Gasteiger partial charge in [0.1, 0.15) is 23.8 Å². The van der Waals surface area contributed by atoms with E-state index in [2.05, 4.69) is 5.32 Å². The predicted molar refractivity (Wildman–Crippen MR) is 118 cm³/mol. The molecule has 0 heterocycles. The molecule has 7 nitrogen and oxygen atoms in total. The number of benzene rings is 3. The number of methoxy groups -OCH3 is 1. The largest absolute Gasteiger partial charge is 0.497 e. The topological polar surface area (TPSA) is 105 Å². The second kappa shape index (κ2) is 10.3. The summed E-state index contributed by atoms with van der Waals surface area (Å²) < 4.78 is 22.6. The van der Waals surface area contributed by atoms with Crippen molar-refractivity contribution in [1.82, 2.24) is 5.32 Å². The third-order valence-corrected chi connectivity index (χ3v) is 5.70. The third-order valence-electron chi connectivity index (χ3n) is 4.63. The molecule has 2 atom stereocenters. The molecular formula is C23H24NO6P. The summed E-state index contributed by atoms with van der Waals surface area (Å²) in [6, 6.07) is 22.7. The summed E-state index contributed by atoms with van der Waals surface area (Å²) >= 11 is 0.